The summed E-state index contributed by atoms with van der Waals surface area (Å²) in [6.07, 6.45) is 16.5. The fraction of sp³-hybridized carbons (Fsp3) is 0.812. The Kier molecular flexibility index (Phi) is 6.76. The van der Waals surface area contributed by atoms with Crippen LogP contribution in [0, 0.1) is 46.3 Å². The molecule has 1 heteroatoms. The first kappa shape index (κ1) is 23.9. The van der Waals surface area contributed by atoms with Gasteiger partial charge >= 0.3 is 0 Å². The molecule has 4 saturated carbocycles. The highest BCUT2D eigenvalue weighted by Crippen LogP contribution is 2.65. The molecule has 1 aromatic rings. The number of benzene rings is 1. The van der Waals surface area contributed by atoms with E-state index in [1.165, 1.54) is 56.9 Å². The van der Waals surface area contributed by atoms with Gasteiger partial charge in [-0.05, 0) is 130 Å². The van der Waals surface area contributed by atoms with Gasteiger partial charge in [0.2, 0.25) is 0 Å². The molecule has 10 atom stereocenters. The van der Waals surface area contributed by atoms with Gasteiger partial charge in [-0.2, -0.15) is 0 Å². The molecule has 1 aromatic carbocycles. The van der Waals surface area contributed by atoms with Crippen molar-refractivity contribution >= 4 is 0 Å². The summed E-state index contributed by atoms with van der Waals surface area (Å²) in [6, 6.07) is 12.1. The van der Waals surface area contributed by atoms with E-state index in [0.29, 0.717) is 22.9 Å². The molecule has 0 radical (unpaired) electrons. The molecule has 1 N–H and O–H groups in total. The van der Waals surface area contributed by atoms with Crippen molar-refractivity contribution in [2.75, 3.05) is 0 Å². The molecule has 4 aliphatic carbocycles. The Hall–Kier alpha value is -0.820. The predicted molar refractivity (Wildman–Crippen MR) is 141 cm³/mol. The lowest BCUT2D eigenvalue weighted by atomic mass is 9.48. The molecule has 0 unspecified atom stereocenters. The summed E-state index contributed by atoms with van der Waals surface area (Å²) >= 11 is 0. The van der Waals surface area contributed by atoms with E-state index in [2.05, 4.69) is 70.3 Å². The van der Waals surface area contributed by atoms with E-state index in [4.69, 9.17) is 0 Å². The Morgan fingerprint density at radius 2 is 1.64 bits per heavy atom. The second-order valence-electron chi connectivity index (χ2n) is 13.6. The SMILES string of the molecule is CCC[C@]1(C)CC[C@H]2[C@H](CC[C@@H]3[C@@H]2CC[C@]2(C)[C@@H]([C@H](C)N[C@@H](C)c4ccccc4)CC[C@@H]32)C1. The number of nitrogens with one attached hydrogen (secondary N) is 1. The summed E-state index contributed by atoms with van der Waals surface area (Å²) in [5.41, 5.74) is 2.64. The van der Waals surface area contributed by atoms with Crippen molar-refractivity contribution in [2.24, 2.45) is 46.3 Å². The molecule has 0 bridgehead atoms. The highest BCUT2D eigenvalue weighted by atomic mass is 15.0. The highest BCUT2D eigenvalue weighted by Gasteiger charge is 2.58. The third-order valence-electron chi connectivity index (χ3n) is 11.7. The maximum atomic E-state index is 4.03. The van der Waals surface area contributed by atoms with Crippen molar-refractivity contribution in [3.63, 3.8) is 0 Å². The van der Waals surface area contributed by atoms with Crippen LogP contribution in [0.4, 0.5) is 0 Å². The molecule has 0 amide bonds. The van der Waals surface area contributed by atoms with E-state index in [9.17, 15) is 0 Å². The molecule has 0 aliphatic heterocycles. The summed E-state index contributed by atoms with van der Waals surface area (Å²) in [6.45, 7) is 12.6. The van der Waals surface area contributed by atoms with Gasteiger partial charge in [0.25, 0.3) is 0 Å². The van der Waals surface area contributed by atoms with Crippen LogP contribution in [0.5, 0.6) is 0 Å². The van der Waals surface area contributed by atoms with Crippen LogP contribution in [0.2, 0.25) is 0 Å². The summed E-state index contributed by atoms with van der Waals surface area (Å²) < 4.78 is 0. The minimum absolute atomic E-state index is 0.440. The van der Waals surface area contributed by atoms with Crippen LogP contribution in [-0.4, -0.2) is 6.04 Å². The van der Waals surface area contributed by atoms with E-state index in [-0.39, 0.29) is 0 Å². The maximum Gasteiger partial charge on any atom is 0.0294 e. The second-order valence-corrected chi connectivity index (χ2v) is 13.6. The average Bonchev–Trinajstić information content (AvgIpc) is 3.16. The van der Waals surface area contributed by atoms with E-state index in [1.54, 1.807) is 19.3 Å². The summed E-state index contributed by atoms with van der Waals surface area (Å²) in [4.78, 5) is 0. The van der Waals surface area contributed by atoms with Gasteiger partial charge in [-0.3, -0.25) is 0 Å². The molecule has 33 heavy (non-hydrogen) atoms. The lowest BCUT2D eigenvalue weighted by molar-refractivity contribution is -0.0816. The molecule has 0 spiro atoms. The minimum Gasteiger partial charge on any atom is -0.307 e. The van der Waals surface area contributed by atoms with Crippen LogP contribution in [0.1, 0.15) is 117 Å². The lowest BCUT2D eigenvalue weighted by Gasteiger charge is -2.58. The number of hydrogen-bond acceptors (Lipinski definition) is 1. The monoisotopic (exact) mass is 449 g/mol. The van der Waals surface area contributed by atoms with Crippen LogP contribution in [-0.2, 0) is 0 Å². The fourth-order valence-corrected chi connectivity index (χ4v) is 10.2. The average molecular weight is 450 g/mol. The fourth-order valence-electron chi connectivity index (χ4n) is 10.2. The second kappa shape index (κ2) is 9.33. The highest BCUT2D eigenvalue weighted by molar-refractivity contribution is 5.18. The Morgan fingerprint density at radius 3 is 2.39 bits per heavy atom. The Bertz CT molecular complexity index is 787. The van der Waals surface area contributed by atoms with Gasteiger partial charge < -0.3 is 5.32 Å². The third-order valence-corrected chi connectivity index (χ3v) is 11.7. The number of fused-ring (bicyclic) bond motifs is 5. The normalized spacial score (nSPS) is 44.4. The first-order chi connectivity index (χ1) is 15.8. The van der Waals surface area contributed by atoms with Crippen molar-refractivity contribution in [2.45, 2.75) is 117 Å². The molecule has 0 aromatic heterocycles. The molecule has 4 fully saturated rings. The van der Waals surface area contributed by atoms with Gasteiger partial charge in [0.1, 0.15) is 0 Å². The van der Waals surface area contributed by atoms with Crippen LogP contribution in [0.25, 0.3) is 0 Å². The van der Waals surface area contributed by atoms with E-state index >= 15 is 0 Å². The lowest BCUT2D eigenvalue weighted by Crippen LogP contribution is -2.51. The zero-order chi connectivity index (χ0) is 23.2. The quantitative estimate of drug-likeness (QED) is 0.457. The molecule has 184 valence electrons. The molecule has 0 heterocycles. The molecular formula is C32H51N. The smallest absolute Gasteiger partial charge is 0.0294 e. The van der Waals surface area contributed by atoms with E-state index < -0.39 is 0 Å². The molecule has 1 nitrogen and oxygen atoms in total. The van der Waals surface area contributed by atoms with Crippen molar-refractivity contribution in [3.05, 3.63) is 35.9 Å². The van der Waals surface area contributed by atoms with Crippen molar-refractivity contribution in [1.82, 2.24) is 5.32 Å². The first-order valence-electron chi connectivity index (χ1n) is 14.7. The Balaban J connectivity index is 1.26. The summed E-state index contributed by atoms with van der Waals surface area (Å²) in [5, 5.41) is 4.03. The molecule has 0 saturated heterocycles. The van der Waals surface area contributed by atoms with Crippen molar-refractivity contribution in [1.29, 1.82) is 0 Å². The minimum atomic E-state index is 0.440. The predicted octanol–water partition coefficient (Wildman–Crippen LogP) is 8.80. The number of hydrogen-bond donors (Lipinski definition) is 1. The topological polar surface area (TPSA) is 12.0 Å². The van der Waals surface area contributed by atoms with Gasteiger partial charge in [-0.25, -0.2) is 0 Å². The zero-order valence-corrected chi connectivity index (χ0v) is 22.3. The maximum absolute atomic E-state index is 4.03. The standard InChI is InChI=1S/C32H51N/c1-6-18-31(4)19-16-26-25(21-31)12-13-28-27(26)17-20-32(5)29(14-15-30(28)32)23(3)33-22(2)24-10-8-7-9-11-24/h7-11,22-23,25-30,33H,6,12-21H2,1-5H3/t22-,23-,25+,26-,27+,28+,29+,30-,31+,32+/m0/s1. The van der Waals surface area contributed by atoms with Gasteiger partial charge in [0.15, 0.2) is 0 Å². The largest absolute Gasteiger partial charge is 0.307 e. The molecule has 5 rings (SSSR count). The number of rotatable bonds is 6. The van der Waals surface area contributed by atoms with Crippen LogP contribution in [0.15, 0.2) is 30.3 Å². The third kappa shape index (κ3) is 4.34. The first-order valence-corrected chi connectivity index (χ1v) is 14.7. The van der Waals surface area contributed by atoms with Gasteiger partial charge in [0.05, 0.1) is 0 Å². The van der Waals surface area contributed by atoms with Gasteiger partial charge in [-0.1, -0.05) is 57.5 Å². The van der Waals surface area contributed by atoms with Crippen LogP contribution < -0.4 is 5.32 Å². The summed E-state index contributed by atoms with van der Waals surface area (Å²) in [7, 11) is 0. The molecular weight excluding hydrogens is 398 g/mol. The van der Waals surface area contributed by atoms with Gasteiger partial charge in [-0.15, -0.1) is 0 Å². The summed E-state index contributed by atoms with van der Waals surface area (Å²) in [5.74, 6) is 6.02. The zero-order valence-electron chi connectivity index (χ0n) is 22.3. The van der Waals surface area contributed by atoms with Crippen molar-refractivity contribution < 1.29 is 0 Å². The van der Waals surface area contributed by atoms with Crippen LogP contribution >= 0.6 is 0 Å². The van der Waals surface area contributed by atoms with Crippen molar-refractivity contribution in [3.8, 4) is 0 Å². The van der Waals surface area contributed by atoms with E-state index in [0.717, 1.165) is 35.5 Å². The van der Waals surface area contributed by atoms with E-state index in [1.807, 2.05) is 0 Å². The van der Waals surface area contributed by atoms with Gasteiger partial charge in [0, 0.05) is 12.1 Å². The Labute approximate surface area is 204 Å². The Morgan fingerprint density at radius 1 is 0.879 bits per heavy atom. The molecule has 4 aliphatic rings. The van der Waals surface area contributed by atoms with Crippen LogP contribution in [0.3, 0.4) is 0 Å².